The molecular weight excluding hydrogens is 272 g/mol. The highest BCUT2D eigenvalue weighted by atomic mass is 16.5. The van der Waals surface area contributed by atoms with Crippen molar-refractivity contribution in [1.29, 1.82) is 0 Å². The van der Waals surface area contributed by atoms with Crippen molar-refractivity contribution in [2.45, 2.75) is 31.8 Å². The summed E-state index contributed by atoms with van der Waals surface area (Å²) in [5.41, 5.74) is 0.476. The summed E-state index contributed by atoms with van der Waals surface area (Å²) >= 11 is 0. The summed E-state index contributed by atoms with van der Waals surface area (Å²) in [6, 6.07) is 5.04. The van der Waals surface area contributed by atoms with Gasteiger partial charge in [0.1, 0.15) is 5.82 Å². The molecule has 0 radical (unpaired) electrons. The number of carbonyl (C=O) groups excluding carboxylic acids is 1. The van der Waals surface area contributed by atoms with Crippen LogP contribution >= 0.6 is 0 Å². The van der Waals surface area contributed by atoms with E-state index in [2.05, 4.69) is 10.3 Å². The van der Waals surface area contributed by atoms with E-state index in [1.807, 2.05) is 0 Å². The lowest BCUT2D eigenvalue weighted by Gasteiger charge is -2.21. The van der Waals surface area contributed by atoms with Crippen LogP contribution in [-0.2, 0) is 14.3 Å². The Morgan fingerprint density at radius 3 is 3.00 bits per heavy atom. The van der Waals surface area contributed by atoms with E-state index in [1.54, 1.807) is 18.2 Å². The minimum absolute atomic E-state index is 0.0196. The van der Waals surface area contributed by atoms with Gasteiger partial charge in [-0.05, 0) is 37.5 Å². The summed E-state index contributed by atoms with van der Waals surface area (Å²) in [7, 11) is 0. The second-order valence-corrected chi connectivity index (χ2v) is 4.86. The smallest absolute Gasteiger partial charge is 0.328 e. The molecule has 1 aliphatic rings. The number of pyridine rings is 1. The minimum atomic E-state index is -1.04. The Labute approximate surface area is 122 Å². The third kappa shape index (κ3) is 5.35. The number of ether oxygens (including phenoxy) is 1. The van der Waals surface area contributed by atoms with Crippen molar-refractivity contribution in [2.24, 2.45) is 0 Å². The number of carboxylic acid groups (broad SMARTS) is 1. The molecule has 1 amide bonds. The Kier molecular flexibility index (Phi) is 5.45. The lowest BCUT2D eigenvalue weighted by Crippen LogP contribution is -2.25. The number of carboxylic acids is 1. The SMILES string of the molecule is O=C(O)/C=C/c1cccc(NC(=O)CC2CCCCO2)n1. The van der Waals surface area contributed by atoms with Gasteiger partial charge in [-0.1, -0.05) is 6.07 Å². The molecule has 0 aliphatic carbocycles. The van der Waals surface area contributed by atoms with E-state index in [-0.39, 0.29) is 12.0 Å². The van der Waals surface area contributed by atoms with Gasteiger partial charge in [-0.3, -0.25) is 4.79 Å². The molecule has 0 spiro atoms. The molecule has 1 aliphatic heterocycles. The number of hydrogen-bond donors (Lipinski definition) is 2. The number of amides is 1. The van der Waals surface area contributed by atoms with Crippen molar-refractivity contribution in [3.05, 3.63) is 30.0 Å². The highest BCUT2D eigenvalue weighted by Crippen LogP contribution is 2.16. The zero-order valence-corrected chi connectivity index (χ0v) is 11.6. The second kappa shape index (κ2) is 7.54. The molecule has 1 fully saturated rings. The van der Waals surface area contributed by atoms with E-state index in [1.165, 1.54) is 6.08 Å². The molecule has 6 heteroatoms. The monoisotopic (exact) mass is 290 g/mol. The van der Waals surface area contributed by atoms with E-state index in [0.29, 0.717) is 24.5 Å². The molecule has 21 heavy (non-hydrogen) atoms. The van der Waals surface area contributed by atoms with Gasteiger partial charge in [-0.2, -0.15) is 0 Å². The van der Waals surface area contributed by atoms with Gasteiger partial charge < -0.3 is 15.2 Å². The molecule has 1 unspecified atom stereocenters. The van der Waals surface area contributed by atoms with Gasteiger partial charge in [-0.25, -0.2) is 9.78 Å². The van der Waals surface area contributed by atoms with Crippen LogP contribution in [0.1, 0.15) is 31.4 Å². The molecule has 0 saturated carbocycles. The number of nitrogens with zero attached hydrogens (tertiary/aromatic N) is 1. The van der Waals surface area contributed by atoms with Gasteiger partial charge >= 0.3 is 5.97 Å². The number of anilines is 1. The predicted molar refractivity (Wildman–Crippen MR) is 77.7 cm³/mol. The quantitative estimate of drug-likeness (QED) is 0.810. The molecule has 6 nitrogen and oxygen atoms in total. The average molecular weight is 290 g/mol. The van der Waals surface area contributed by atoms with Crippen LogP contribution in [0, 0.1) is 0 Å². The predicted octanol–water partition coefficient (Wildman–Crippen LogP) is 2.08. The fourth-order valence-corrected chi connectivity index (χ4v) is 2.14. The summed E-state index contributed by atoms with van der Waals surface area (Å²) in [5.74, 6) is -0.780. The Morgan fingerprint density at radius 1 is 1.43 bits per heavy atom. The third-order valence-corrected chi connectivity index (χ3v) is 3.12. The first-order valence-electron chi connectivity index (χ1n) is 6.93. The number of hydrogen-bond acceptors (Lipinski definition) is 4. The van der Waals surface area contributed by atoms with E-state index < -0.39 is 5.97 Å². The second-order valence-electron chi connectivity index (χ2n) is 4.86. The van der Waals surface area contributed by atoms with Gasteiger partial charge in [0.2, 0.25) is 5.91 Å². The number of aliphatic carboxylic acids is 1. The summed E-state index contributed by atoms with van der Waals surface area (Å²) < 4.78 is 5.52. The van der Waals surface area contributed by atoms with Gasteiger partial charge in [0.25, 0.3) is 0 Å². The van der Waals surface area contributed by atoms with E-state index in [9.17, 15) is 9.59 Å². The Morgan fingerprint density at radius 2 is 2.29 bits per heavy atom. The number of rotatable bonds is 5. The molecule has 2 heterocycles. The summed E-state index contributed by atoms with van der Waals surface area (Å²) in [4.78, 5) is 26.5. The van der Waals surface area contributed by atoms with Crippen molar-refractivity contribution in [3.63, 3.8) is 0 Å². The fraction of sp³-hybridized carbons (Fsp3) is 0.400. The van der Waals surface area contributed by atoms with Crippen molar-refractivity contribution >= 4 is 23.8 Å². The van der Waals surface area contributed by atoms with Crippen molar-refractivity contribution < 1.29 is 19.4 Å². The summed E-state index contributed by atoms with van der Waals surface area (Å²) in [6.45, 7) is 0.714. The first kappa shape index (κ1) is 15.2. The van der Waals surface area contributed by atoms with Crippen LogP contribution in [0.25, 0.3) is 6.08 Å². The average Bonchev–Trinajstić information content (AvgIpc) is 2.46. The Hall–Kier alpha value is -2.21. The van der Waals surface area contributed by atoms with E-state index in [4.69, 9.17) is 9.84 Å². The van der Waals surface area contributed by atoms with Crippen LogP contribution in [0.3, 0.4) is 0 Å². The Bertz CT molecular complexity index is 536. The topological polar surface area (TPSA) is 88.5 Å². The maximum Gasteiger partial charge on any atom is 0.328 e. The van der Waals surface area contributed by atoms with E-state index >= 15 is 0 Å². The van der Waals surface area contributed by atoms with Crippen LogP contribution < -0.4 is 5.32 Å². The molecular formula is C15H18N2O4. The van der Waals surface area contributed by atoms with Gasteiger partial charge in [0, 0.05) is 12.7 Å². The molecule has 1 aromatic rings. The molecule has 1 atom stereocenters. The maximum atomic E-state index is 11.9. The zero-order valence-electron chi connectivity index (χ0n) is 11.6. The first-order chi connectivity index (χ1) is 10.1. The van der Waals surface area contributed by atoms with Gasteiger partial charge in [-0.15, -0.1) is 0 Å². The maximum absolute atomic E-state index is 11.9. The normalized spacial score (nSPS) is 18.6. The van der Waals surface area contributed by atoms with Crippen LogP contribution in [0.2, 0.25) is 0 Å². The highest BCUT2D eigenvalue weighted by molar-refractivity contribution is 5.90. The first-order valence-corrected chi connectivity index (χ1v) is 6.93. The summed E-state index contributed by atoms with van der Waals surface area (Å²) in [6.07, 6.45) is 5.72. The van der Waals surface area contributed by atoms with Crippen molar-refractivity contribution in [3.8, 4) is 0 Å². The van der Waals surface area contributed by atoms with Crippen molar-refractivity contribution in [2.75, 3.05) is 11.9 Å². The third-order valence-electron chi connectivity index (χ3n) is 3.12. The van der Waals surface area contributed by atoms with Crippen LogP contribution in [-0.4, -0.2) is 34.7 Å². The molecule has 112 valence electrons. The molecule has 0 bridgehead atoms. The lowest BCUT2D eigenvalue weighted by molar-refractivity contribution is -0.131. The van der Waals surface area contributed by atoms with Crippen LogP contribution in [0.5, 0.6) is 0 Å². The molecule has 2 N–H and O–H groups in total. The highest BCUT2D eigenvalue weighted by Gasteiger charge is 2.17. The van der Waals surface area contributed by atoms with Gasteiger partial charge in [0.15, 0.2) is 0 Å². The lowest BCUT2D eigenvalue weighted by atomic mass is 10.1. The molecule has 2 rings (SSSR count). The van der Waals surface area contributed by atoms with Crippen LogP contribution in [0.15, 0.2) is 24.3 Å². The van der Waals surface area contributed by atoms with Gasteiger partial charge in [0.05, 0.1) is 18.2 Å². The molecule has 0 aromatic carbocycles. The number of aromatic nitrogens is 1. The zero-order chi connectivity index (χ0) is 15.1. The Balaban J connectivity index is 1.90. The number of nitrogens with one attached hydrogen (secondary N) is 1. The van der Waals surface area contributed by atoms with Crippen molar-refractivity contribution in [1.82, 2.24) is 4.98 Å². The summed E-state index contributed by atoms with van der Waals surface area (Å²) in [5, 5.41) is 11.3. The molecule has 1 saturated heterocycles. The van der Waals surface area contributed by atoms with E-state index in [0.717, 1.165) is 25.3 Å². The number of carbonyl (C=O) groups is 2. The molecule has 1 aromatic heterocycles. The standard InChI is InChI=1S/C15H18N2O4/c18-14(10-12-5-1-2-9-21-12)17-13-6-3-4-11(16-13)7-8-15(19)20/h3-4,6-8,12H,1-2,5,9-10H2,(H,19,20)(H,16,17,18)/b8-7+. The minimum Gasteiger partial charge on any atom is -0.478 e. The fourth-order valence-electron chi connectivity index (χ4n) is 2.14. The largest absolute Gasteiger partial charge is 0.478 e. The van der Waals surface area contributed by atoms with Crippen LogP contribution in [0.4, 0.5) is 5.82 Å².